The van der Waals surface area contributed by atoms with Crippen LogP contribution in [0.15, 0.2) is 78.9 Å². The molecule has 3 aromatic carbocycles. The lowest BCUT2D eigenvalue weighted by Crippen LogP contribution is -2.30. The van der Waals surface area contributed by atoms with Crippen molar-refractivity contribution in [1.82, 2.24) is 14.5 Å². The van der Waals surface area contributed by atoms with Crippen LogP contribution in [0.5, 0.6) is 0 Å². The lowest BCUT2D eigenvalue weighted by molar-refractivity contribution is -0.131. The number of hydrogen-bond donors (Lipinski definition) is 0. The molecule has 1 atom stereocenters. The van der Waals surface area contributed by atoms with Gasteiger partial charge in [0, 0.05) is 38.2 Å². The van der Waals surface area contributed by atoms with E-state index < -0.39 is 0 Å². The molecule has 1 aromatic heterocycles. The summed E-state index contributed by atoms with van der Waals surface area (Å²) in [6, 6.07) is 25.9. The predicted octanol–water partition coefficient (Wildman–Crippen LogP) is 4.78. The minimum atomic E-state index is -0.0768. The Bertz CT molecular complexity index is 1360. The summed E-state index contributed by atoms with van der Waals surface area (Å²) < 4.78 is 2.01. The predicted molar refractivity (Wildman–Crippen MR) is 138 cm³/mol. The molecule has 0 aliphatic carbocycles. The van der Waals surface area contributed by atoms with Crippen LogP contribution in [0.1, 0.15) is 36.2 Å². The second kappa shape index (κ2) is 9.74. The van der Waals surface area contributed by atoms with E-state index in [1.807, 2.05) is 89.3 Å². The van der Waals surface area contributed by atoms with Gasteiger partial charge in [-0.15, -0.1) is 0 Å². The van der Waals surface area contributed by atoms with Crippen LogP contribution in [0.2, 0.25) is 0 Å². The normalized spacial score (nSPS) is 15.7. The molecule has 6 heteroatoms. The molecule has 6 nitrogen and oxygen atoms in total. The Morgan fingerprint density at radius 3 is 2.51 bits per heavy atom. The fourth-order valence-corrected chi connectivity index (χ4v) is 4.96. The molecule has 0 saturated carbocycles. The number of imidazole rings is 1. The van der Waals surface area contributed by atoms with Crippen LogP contribution in [-0.4, -0.2) is 39.9 Å². The smallest absolute Gasteiger partial charge is 0.242 e. The number of fused-ring (bicyclic) bond motifs is 1. The summed E-state index contributed by atoms with van der Waals surface area (Å²) in [4.78, 5) is 34.9. The Morgan fingerprint density at radius 2 is 1.71 bits per heavy atom. The van der Waals surface area contributed by atoms with Crippen molar-refractivity contribution in [1.29, 1.82) is 0 Å². The first-order valence-electron chi connectivity index (χ1n) is 12.2. The van der Waals surface area contributed by atoms with Crippen LogP contribution in [0, 0.1) is 0 Å². The van der Waals surface area contributed by atoms with E-state index in [0.29, 0.717) is 19.5 Å². The summed E-state index contributed by atoms with van der Waals surface area (Å²) in [5.41, 5.74) is 4.99. The van der Waals surface area contributed by atoms with Gasteiger partial charge in [-0.05, 0) is 35.7 Å². The number of anilines is 1. The number of aromatic nitrogens is 2. The second-order valence-corrected chi connectivity index (χ2v) is 9.17. The number of rotatable bonds is 7. The third kappa shape index (κ3) is 4.56. The fraction of sp³-hybridized carbons (Fsp3) is 0.276. The van der Waals surface area contributed by atoms with Crippen molar-refractivity contribution >= 4 is 28.5 Å². The maximum absolute atomic E-state index is 13.3. The van der Waals surface area contributed by atoms with Gasteiger partial charge in [-0.25, -0.2) is 4.98 Å². The van der Waals surface area contributed by atoms with Gasteiger partial charge in [-0.1, -0.05) is 67.6 Å². The number of para-hydroxylation sites is 3. The zero-order valence-corrected chi connectivity index (χ0v) is 20.2. The first kappa shape index (κ1) is 22.8. The minimum absolute atomic E-state index is 0.00997. The number of hydrogen-bond acceptors (Lipinski definition) is 3. The highest BCUT2D eigenvalue weighted by Crippen LogP contribution is 2.34. The summed E-state index contributed by atoms with van der Waals surface area (Å²) in [7, 11) is 1.83. The largest absolute Gasteiger partial charge is 0.340 e. The third-order valence-corrected chi connectivity index (χ3v) is 6.82. The van der Waals surface area contributed by atoms with Crippen molar-refractivity contribution in [3.05, 3.63) is 95.8 Å². The Kier molecular flexibility index (Phi) is 6.36. The number of nitrogens with zero attached hydrogens (tertiary/aromatic N) is 4. The quantitative estimate of drug-likeness (QED) is 0.394. The van der Waals surface area contributed by atoms with Crippen molar-refractivity contribution in [3.8, 4) is 0 Å². The molecule has 5 rings (SSSR count). The Balaban J connectivity index is 1.43. The number of carbonyl (C=O) groups excluding carboxylic acids is 2. The number of carbonyl (C=O) groups is 2. The Morgan fingerprint density at radius 1 is 1.00 bits per heavy atom. The monoisotopic (exact) mass is 466 g/mol. The molecule has 0 N–H and O–H groups in total. The van der Waals surface area contributed by atoms with Crippen LogP contribution in [0.3, 0.4) is 0 Å². The van der Waals surface area contributed by atoms with Crippen LogP contribution in [-0.2, 0) is 29.1 Å². The van der Waals surface area contributed by atoms with E-state index in [1.165, 1.54) is 0 Å². The van der Waals surface area contributed by atoms with Gasteiger partial charge < -0.3 is 14.4 Å². The van der Waals surface area contributed by atoms with Crippen molar-refractivity contribution < 1.29 is 9.59 Å². The first-order valence-corrected chi connectivity index (χ1v) is 12.2. The molecule has 1 unspecified atom stereocenters. The fourth-order valence-electron chi connectivity index (χ4n) is 4.96. The molecular weight excluding hydrogens is 436 g/mol. The molecule has 1 fully saturated rings. The zero-order valence-electron chi connectivity index (χ0n) is 20.2. The average Bonchev–Trinajstić information content (AvgIpc) is 3.45. The molecule has 0 radical (unpaired) electrons. The highest BCUT2D eigenvalue weighted by Gasteiger charge is 2.35. The molecule has 35 heavy (non-hydrogen) atoms. The molecule has 1 saturated heterocycles. The van der Waals surface area contributed by atoms with E-state index in [0.717, 1.165) is 40.1 Å². The highest BCUT2D eigenvalue weighted by molar-refractivity contribution is 5.97. The number of aryl methyl sites for hydroxylation is 1. The van der Waals surface area contributed by atoms with Crippen LogP contribution >= 0.6 is 0 Å². The summed E-state index contributed by atoms with van der Waals surface area (Å²) in [6.07, 6.45) is 1.25. The summed E-state index contributed by atoms with van der Waals surface area (Å²) >= 11 is 0. The van der Waals surface area contributed by atoms with Gasteiger partial charge in [0.1, 0.15) is 12.4 Å². The maximum Gasteiger partial charge on any atom is 0.242 e. The Hall–Kier alpha value is -3.93. The van der Waals surface area contributed by atoms with Crippen molar-refractivity contribution in [2.45, 2.75) is 38.8 Å². The molecule has 1 aliphatic heterocycles. The van der Waals surface area contributed by atoms with Gasteiger partial charge in [0.2, 0.25) is 11.8 Å². The molecule has 0 spiro atoms. The van der Waals surface area contributed by atoms with Crippen molar-refractivity contribution in [2.75, 3.05) is 18.5 Å². The maximum atomic E-state index is 13.3. The standard InChI is InChI=1S/C29H30N4O2/c1-3-22-13-7-9-15-25(22)32-19-23(17-27(32)34)29-30-24-14-8-10-16-26(24)33(29)20-28(35)31(2)18-21-11-5-4-6-12-21/h4-16,23H,3,17-20H2,1-2H3. The summed E-state index contributed by atoms with van der Waals surface area (Å²) in [6.45, 7) is 3.40. The summed E-state index contributed by atoms with van der Waals surface area (Å²) in [5, 5.41) is 0. The number of benzene rings is 3. The van der Waals surface area contributed by atoms with Gasteiger partial charge in [-0.3, -0.25) is 9.59 Å². The van der Waals surface area contributed by atoms with Gasteiger partial charge >= 0.3 is 0 Å². The topological polar surface area (TPSA) is 58.4 Å². The van der Waals surface area contributed by atoms with E-state index in [2.05, 4.69) is 13.0 Å². The van der Waals surface area contributed by atoms with Crippen LogP contribution < -0.4 is 4.90 Å². The van der Waals surface area contributed by atoms with E-state index in [-0.39, 0.29) is 24.3 Å². The van der Waals surface area contributed by atoms with Crippen LogP contribution in [0.25, 0.3) is 11.0 Å². The van der Waals surface area contributed by atoms with Gasteiger partial charge in [0.05, 0.1) is 11.0 Å². The van der Waals surface area contributed by atoms with Gasteiger partial charge in [0.25, 0.3) is 0 Å². The zero-order chi connectivity index (χ0) is 24.4. The van der Waals surface area contributed by atoms with Crippen molar-refractivity contribution in [2.24, 2.45) is 0 Å². The van der Waals surface area contributed by atoms with Crippen LogP contribution in [0.4, 0.5) is 5.69 Å². The SMILES string of the molecule is CCc1ccccc1N1CC(c2nc3ccccc3n2CC(=O)N(C)Cc2ccccc2)CC1=O. The van der Waals surface area contributed by atoms with Crippen molar-refractivity contribution in [3.63, 3.8) is 0 Å². The van der Waals surface area contributed by atoms with E-state index >= 15 is 0 Å². The molecule has 178 valence electrons. The highest BCUT2D eigenvalue weighted by atomic mass is 16.2. The first-order chi connectivity index (χ1) is 17.0. The molecule has 2 amide bonds. The molecule has 1 aliphatic rings. The molecule has 0 bridgehead atoms. The summed E-state index contributed by atoms with van der Waals surface area (Å²) in [5.74, 6) is 0.835. The number of likely N-dealkylation sites (N-methyl/N-ethyl adjacent to an activating group) is 1. The lowest BCUT2D eigenvalue weighted by atomic mass is 10.1. The van der Waals surface area contributed by atoms with Gasteiger partial charge in [0.15, 0.2) is 0 Å². The lowest BCUT2D eigenvalue weighted by Gasteiger charge is -2.21. The Labute approximate surface area is 205 Å². The second-order valence-electron chi connectivity index (χ2n) is 9.17. The average molecular weight is 467 g/mol. The minimum Gasteiger partial charge on any atom is -0.340 e. The number of amides is 2. The molecule has 2 heterocycles. The third-order valence-electron chi connectivity index (χ3n) is 6.82. The van der Waals surface area contributed by atoms with E-state index in [1.54, 1.807) is 4.90 Å². The van der Waals surface area contributed by atoms with E-state index in [9.17, 15) is 9.59 Å². The van der Waals surface area contributed by atoms with E-state index in [4.69, 9.17) is 4.98 Å². The molecule has 4 aromatic rings. The molecular formula is C29H30N4O2. The van der Waals surface area contributed by atoms with Gasteiger partial charge in [-0.2, -0.15) is 0 Å².